The van der Waals surface area contributed by atoms with E-state index >= 15 is 4.20 Å². The van der Waals surface area contributed by atoms with Gasteiger partial charge >= 0.3 is 8.69 Å². The fourth-order valence-corrected chi connectivity index (χ4v) is 8.69. The Hall–Kier alpha value is -4.72. The quantitative estimate of drug-likeness (QED) is 0.146. The highest BCUT2D eigenvalue weighted by atomic mass is 31.2. The van der Waals surface area contributed by atoms with Crippen molar-refractivity contribution in [2.45, 2.75) is 83.5 Å². The van der Waals surface area contributed by atoms with Gasteiger partial charge in [-0.3, -0.25) is 0 Å². The van der Waals surface area contributed by atoms with Crippen molar-refractivity contribution < 1.29 is 13.2 Å². The Labute approximate surface area is 317 Å². The topological polar surface area (TPSA) is 18.5 Å². The van der Waals surface area contributed by atoms with Crippen LogP contribution in [0, 0.1) is 0 Å². The number of rotatable bonds is 8. The molecule has 0 radical (unpaired) electrons. The SMILES string of the molecule is CC(C)(c1ccccc1)c1cc2c(c(C(C)(C)c3ccccc3)c1)OP(F)Oc1c(cc(C(C)(C)c3ccccc3)cc1C(C)(C)c1ccccc1)C2. The van der Waals surface area contributed by atoms with Crippen LogP contribution in [0.4, 0.5) is 4.20 Å². The lowest BCUT2D eigenvalue weighted by molar-refractivity contribution is 0.413. The summed E-state index contributed by atoms with van der Waals surface area (Å²) in [5.74, 6) is 1.14. The largest absolute Gasteiger partial charge is 0.505 e. The van der Waals surface area contributed by atoms with Crippen molar-refractivity contribution in [2.75, 3.05) is 0 Å². The molecular formula is C49H50FO2P. The summed E-state index contributed by atoms with van der Waals surface area (Å²) >= 11 is 0. The molecule has 0 fully saturated rings. The molecule has 0 aliphatic carbocycles. The minimum absolute atomic E-state index is 0.336. The third-order valence-corrected chi connectivity index (χ3v) is 12.5. The van der Waals surface area contributed by atoms with E-state index in [0.717, 1.165) is 44.5 Å². The van der Waals surface area contributed by atoms with Crippen LogP contribution in [0.1, 0.15) is 111 Å². The first kappa shape index (κ1) is 36.6. The number of hydrogen-bond acceptors (Lipinski definition) is 2. The second-order valence-corrected chi connectivity index (χ2v) is 17.4. The van der Waals surface area contributed by atoms with E-state index in [2.05, 4.69) is 189 Å². The van der Waals surface area contributed by atoms with Gasteiger partial charge in [0.1, 0.15) is 11.5 Å². The van der Waals surface area contributed by atoms with Gasteiger partial charge in [-0.15, -0.1) is 4.20 Å². The third kappa shape index (κ3) is 6.81. The first-order chi connectivity index (χ1) is 25.2. The van der Waals surface area contributed by atoms with Gasteiger partial charge in [0.15, 0.2) is 0 Å². The second-order valence-electron chi connectivity index (χ2n) is 16.6. The molecule has 0 unspecified atom stereocenters. The lowest BCUT2D eigenvalue weighted by atomic mass is 9.70. The average molecular weight is 721 g/mol. The molecular weight excluding hydrogens is 671 g/mol. The maximum Gasteiger partial charge on any atom is 0.505 e. The summed E-state index contributed by atoms with van der Waals surface area (Å²) in [5.41, 5.74) is 9.14. The van der Waals surface area contributed by atoms with Crippen LogP contribution in [-0.2, 0) is 28.1 Å². The van der Waals surface area contributed by atoms with Crippen molar-refractivity contribution in [1.29, 1.82) is 0 Å². The van der Waals surface area contributed by atoms with Crippen molar-refractivity contribution in [2.24, 2.45) is 0 Å². The van der Waals surface area contributed by atoms with E-state index in [1.54, 1.807) is 0 Å². The number of fused-ring (bicyclic) bond motifs is 2. The molecule has 6 aromatic carbocycles. The van der Waals surface area contributed by atoms with E-state index < -0.39 is 19.5 Å². The van der Waals surface area contributed by atoms with Crippen LogP contribution in [0.25, 0.3) is 0 Å². The average Bonchev–Trinajstić information content (AvgIpc) is 3.16. The van der Waals surface area contributed by atoms with Gasteiger partial charge in [0, 0.05) is 39.2 Å². The molecule has 0 atom stereocenters. The molecule has 1 aliphatic rings. The van der Waals surface area contributed by atoms with E-state index in [1.807, 2.05) is 12.1 Å². The summed E-state index contributed by atoms with van der Waals surface area (Å²) in [6, 6.07) is 51.1. The maximum atomic E-state index is 16.7. The summed E-state index contributed by atoms with van der Waals surface area (Å²) in [6.45, 7) is 17.9. The maximum absolute atomic E-state index is 16.7. The number of hydrogen-bond donors (Lipinski definition) is 0. The van der Waals surface area contributed by atoms with Gasteiger partial charge < -0.3 is 9.05 Å². The highest BCUT2D eigenvalue weighted by Gasteiger charge is 2.39. The monoisotopic (exact) mass is 720 g/mol. The Balaban J connectivity index is 1.51. The van der Waals surface area contributed by atoms with Crippen LogP contribution in [0.15, 0.2) is 146 Å². The van der Waals surface area contributed by atoms with Crippen molar-refractivity contribution in [1.82, 2.24) is 0 Å². The Morgan fingerprint density at radius 1 is 0.396 bits per heavy atom. The molecule has 0 aromatic heterocycles. The van der Waals surface area contributed by atoms with E-state index in [-0.39, 0.29) is 10.8 Å². The van der Waals surface area contributed by atoms with Crippen LogP contribution >= 0.6 is 8.69 Å². The summed E-state index contributed by atoms with van der Waals surface area (Å²) < 4.78 is 29.6. The van der Waals surface area contributed by atoms with Crippen LogP contribution in [-0.4, -0.2) is 0 Å². The Kier molecular flexibility index (Phi) is 9.62. The lowest BCUT2D eigenvalue weighted by Gasteiger charge is -2.36. The van der Waals surface area contributed by atoms with Crippen molar-refractivity contribution in [3.63, 3.8) is 0 Å². The second kappa shape index (κ2) is 13.9. The molecule has 2 nitrogen and oxygen atoms in total. The van der Waals surface area contributed by atoms with Gasteiger partial charge in [-0.25, -0.2) is 0 Å². The summed E-state index contributed by atoms with van der Waals surface area (Å²) in [7, 11) is -2.84. The van der Waals surface area contributed by atoms with Gasteiger partial charge in [-0.1, -0.05) is 201 Å². The molecule has 53 heavy (non-hydrogen) atoms. The predicted octanol–water partition coefficient (Wildman–Crippen LogP) is 13.5. The zero-order valence-corrected chi connectivity index (χ0v) is 33.1. The highest BCUT2D eigenvalue weighted by Crippen LogP contribution is 2.55. The molecule has 0 bridgehead atoms. The summed E-state index contributed by atoms with van der Waals surface area (Å²) in [4.78, 5) is 0. The minimum Gasteiger partial charge on any atom is -0.414 e. The third-order valence-electron chi connectivity index (χ3n) is 11.8. The number of benzene rings is 6. The Bertz CT molecular complexity index is 2050. The molecule has 0 saturated heterocycles. The van der Waals surface area contributed by atoms with Crippen molar-refractivity contribution in [3.8, 4) is 11.5 Å². The van der Waals surface area contributed by atoms with Crippen LogP contribution in [0.3, 0.4) is 0 Å². The van der Waals surface area contributed by atoms with Crippen molar-refractivity contribution >= 4 is 8.69 Å². The van der Waals surface area contributed by atoms with E-state index in [0.29, 0.717) is 17.9 Å². The molecule has 0 spiro atoms. The molecule has 0 saturated carbocycles. The Morgan fingerprint density at radius 3 is 0.981 bits per heavy atom. The molecule has 0 N–H and O–H groups in total. The fraction of sp³-hybridized carbons (Fsp3) is 0.265. The first-order valence-electron chi connectivity index (χ1n) is 18.6. The predicted molar refractivity (Wildman–Crippen MR) is 219 cm³/mol. The highest BCUT2D eigenvalue weighted by molar-refractivity contribution is 7.42. The fourth-order valence-electron chi connectivity index (χ4n) is 7.94. The zero-order valence-electron chi connectivity index (χ0n) is 32.2. The first-order valence-corrected chi connectivity index (χ1v) is 19.7. The molecule has 7 rings (SSSR count). The van der Waals surface area contributed by atoms with E-state index in [4.69, 9.17) is 9.05 Å². The van der Waals surface area contributed by atoms with Gasteiger partial charge in [-0.2, -0.15) is 0 Å². The molecule has 1 aliphatic heterocycles. The van der Waals surface area contributed by atoms with Gasteiger partial charge in [-0.05, 0) is 44.5 Å². The standard InChI is InChI=1S/C49H50FO2P/c1-46(2,36-21-13-9-14-22-36)40-30-34-29-35-31-41(47(3,4)37-23-15-10-16-24-37)33-43(49(7,8)39-27-19-12-20-28-39)45(35)52-53(50)51-44(34)42(32-40)48(5,6)38-25-17-11-18-26-38/h9-28,30-33H,29H2,1-8H3. The lowest BCUT2D eigenvalue weighted by Crippen LogP contribution is -2.26. The molecule has 270 valence electrons. The van der Waals surface area contributed by atoms with Crippen molar-refractivity contribution in [3.05, 3.63) is 201 Å². The molecule has 0 amide bonds. The van der Waals surface area contributed by atoms with E-state index in [9.17, 15) is 0 Å². The molecule has 6 aromatic rings. The van der Waals surface area contributed by atoms with Crippen LogP contribution in [0.2, 0.25) is 0 Å². The van der Waals surface area contributed by atoms with Gasteiger partial charge in [0.05, 0.1) is 0 Å². The zero-order chi connectivity index (χ0) is 37.6. The van der Waals surface area contributed by atoms with Crippen LogP contribution < -0.4 is 9.05 Å². The molecule has 4 heteroatoms. The van der Waals surface area contributed by atoms with Crippen LogP contribution in [0.5, 0.6) is 11.5 Å². The normalized spacial score (nSPS) is 13.9. The smallest absolute Gasteiger partial charge is 0.414 e. The Morgan fingerprint density at radius 2 is 0.679 bits per heavy atom. The summed E-state index contributed by atoms with van der Waals surface area (Å²) in [6.07, 6.45) is 0.515. The molecule has 1 heterocycles. The van der Waals surface area contributed by atoms with Gasteiger partial charge in [0.25, 0.3) is 0 Å². The summed E-state index contributed by atoms with van der Waals surface area (Å²) in [5, 5.41) is 0. The van der Waals surface area contributed by atoms with E-state index in [1.165, 1.54) is 11.1 Å². The van der Waals surface area contributed by atoms with Gasteiger partial charge in [0.2, 0.25) is 0 Å². The minimum atomic E-state index is -2.84. The number of halogens is 1.